The largest absolute Gasteiger partial charge is 0.505 e. The van der Waals surface area contributed by atoms with Crippen LogP contribution in [-0.4, -0.2) is 43.0 Å². The summed E-state index contributed by atoms with van der Waals surface area (Å²) in [5.41, 5.74) is 7.19. The topological polar surface area (TPSA) is 141 Å². The fourth-order valence-corrected chi connectivity index (χ4v) is 4.15. The van der Waals surface area contributed by atoms with E-state index in [-0.39, 0.29) is 22.7 Å². The van der Waals surface area contributed by atoms with Crippen molar-refractivity contribution in [3.63, 3.8) is 0 Å². The molecule has 0 bridgehead atoms. The van der Waals surface area contributed by atoms with Gasteiger partial charge in [0.05, 0.1) is 23.3 Å². The third kappa shape index (κ3) is 5.51. The van der Waals surface area contributed by atoms with Gasteiger partial charge in [0.1, 0.15) is 5.75 Å². The second-order valence-corrected chi connectivity index (χ2v) is 10.4. The normalized spacial score (nSPS) is 14.6. The minimum Gasteiger partial charge on any atom is -0.505 e. The molecular formula is C26H25N5O5S. The highest BCUT2D eigenvalue weighted by Crippen LogP contribution is 2.36. The standard InChI is InChI=1S/C26H25N5O5S/c1-15-11-12-20(13-16(15)2)31-26(34)23(17(3)29-31)28-27-22-10-6-9-21(24(22)32)18-7-5-8-19(14-18)25(33)30-37(4,35)36/h5-14,27,32H,1-4H3,(H,30,33). The van der Waals surface area contributed by atoms with Crippen LogP contribution in [0.3, 0.4) is 0 Å². The molecule has 0 fully saturated rings. The Bertz CT molecular complexity index is 1590. The number of hydrazone groups is 2. The summed E-state index contributed by atoms with van der Waals surface area (Å²) in [6, 6.07) is 16.7. The molecule has 1 heterocycles. The van der Waals surface area contributed by atoms with Crippen LogP contribution in [0.2, 0.25) is 0 Å². The van der Waals surface area contributed by atoms with Crippen molar-refractivity contribution in [2.45, 2.75) is 20.8 Å². The fraction of sp³-hybridized carbons (Fsp3) is 0.154. The maximum Gasteiger partial charge on any atom is 0.301 e. The minimum absolute atomic E-state index is 0.0995. The average Bonchev–Trinajstić information content (AvgIpc) is 3.12. The number of carbonyl (C=O) groups is 2. The third-order valence-corrected chi connectivity index (χ3v) is 6.32. The van der Waals surface area contributed by atoms with E-state index in [4.69, 9.17) is 0 Å². The van der Waals surface area contributed by atoms with Gasteiger partial charge in [-0.3, -0.25) is 15.0 Å². The van der Waals surface area contributed by atoms with Gasteiger partial charge >= 0.3 is 5.91 Å². The monoisotopic (exact) mass is 519 g/mol. The molecule has 3 aromatic rings. The van der Waals surface area contributed by atoms with Gasteiger partial charge in [0.15, 0.2) is 5.71 Å². The molecule has 4 rings (SSSR count). The summed E-state index contributed by atoms with van der Waals surface area (Å²) in [5, 5.41) is 20.7. The fourth-order valence-electron chi connectivity index (χ4n) is 3.70. The smallest absolute Gasteiger partial charge is 0.301 e. The summed E-state index contributed by atoms with van der Waals surface area (Å²) in [7, 11) is -3.73. The molecule has 190 valence electrons. The van der Waals surface area contributed by atoms with E-state index in [2.05, 4.69) is 15.6 Å². The van der Waals surface area contributed by atoms with E-state index in [0.717, 1.165) is 17.4 Å². The number of phenols is 1. The first kappa shape index (κ1) is 25.6. The van der Waals surface area contributed by atoms with Crippen LogP contribution in [0.15, 0.2) is 70.9 Å². The zero-order valence-electron chi connectivity index (χ0n) is 20.6. The molecule has 0 aromatic heterocycles. The summed E-state index contributed by atoms with van der Waals surface area (Å²) in [6.07, 6.45) is 0.889. The van der Waals surface area contributed by atoms with Crippen molar-refractivity contribution >= 4 is 44.6 Å². The van der Waals surface area contributed by atoms with Crippen LogP contribution in [0, 0.1) is 13.8 Å². The van der Waals surface area contributed by atoms with Crippen molar-refractivity contribution in [2.24, 2.45) is 10.2 Å². The van der Waals surface area contributed by atoms with E-state index in [0.29, 0.717) is 22.5 Å². The highest BCUT2D eigenvalue weighted by atomic mass is 32.2. The average molecular weight is 520 g/mol. The molecule has 0 saturated carbocycles. The lowest BCUT2D eigenvalue weighted by molar-refractivity contribution is -0.112. The number of sulfonamides is 1. The predicted octanol–water partition coefficient (Wildman–Crippen LogP) is 3.56. The number of hydrogen-bond donors (Lipinski definition) is 3. The van der Waals surface area contributed by atoms with Crippen LogP contribution < -0.4 is 15.2 Å². The number of amides is 2. The van der Waals surface area contributed by atoms with Crippen LogP contribution in [-0.2, 0) is 14.8 Å². The molecular weight excluding hydrogens is 494 g/mol. The molecule has 11 heteroatoms. The Labute approximate surface area is 214 Å². The van der Waals surface area contributed by atoms with E-state index in [1.54, 1.807) is 37.3 Å². The number of aromatic hydroxyl groups is 1. The first-order chi connectivity index (χ1) is 17.4. The number of phenolic OH excluding ortho intramolecular Hbond substituents is 1. The van der Waals surface area contributed by atoms with E-state index < -0.39 is 21.8 Å². The maximum atomic E-state index is 13.0. The number of rotatable bonds is 6. The van der Waals surface area contributed by atoms with Gasteiger partial charge in [-0.15, -0.1) is 0 Å². The maximum absolute atomic E-state index is 13.0. The molecule has 0 spiro atoms. The Morgan fingerprint density at radius 3 is 2.43 bits per heavy atom. The summed E-state index contributed by atoms with van der Waals surface area (Å²) in [5.74, 6) is -1.36. The van der Waals surface area contributed by atoms with Crippen molar-refractivity contribution in [1.82, 2.24) is 4.72 Å². The minimum atomic E-state index is -3.73. The number of nitrogens with one attached hydrogen (secondary N) is 2. The van der Waals surface area contributed by atoms with Crippen LogP contribution in [0.4, 0.5) is 11.4 Å². The highest BCUT2D eigenvalue weighted by Gasteiger charge is 2.31. The van der Waals surface area contributed by atoms with Crippen molar-refractivity contribution in [2.75, 3.05) is 16.7 Å². The number of hydrogen-bond acceptors (Lipinski definition) is 8. The summed E-state index contributed by atoms with van der Waals surface area (Å²) in [6.45, 7) is 5.61. The van der Waals surface area contributed by atoms with E-state index >= 15 is 0 Å². The summed E-state index contributed by atoms with van der Waals surface area (Å²) >= 11 is 0. The second kappa shape index (κ2) is 9.86. The Kier molecular flexibility index (Phi) is 6.82. The molecule has 2 amide bonds. The number of anilines is 2. The van der Waals surface area contributed by atoms with Gasteiger partial charge in [-0.25, -0.2) is 13.1 Å². The van der Waals surface area contributed by atoms with Gasteiger partial charge in [0.25, 0.3) is 5.91 Å². The number of carbonyl (C=O) groups excluding carboxylic acids is 2. The number of benzene rings is 3. The molecule has 0 aliphatic carbocycles. The molecule has 0 unspecified atom stereocenters. The van der Waals surface area contributed by atoms with Crippen molar-refractivity contribution < 1.29 is 23.1 Å². The lowest BCUT2D eigenvalue weighted by Gasteiger charge is -2.13. The lowest BCUT2D eigenvalue weighted by Crippen LogP contribution is -2.29. The number of aryl methyl sites for hydroxylation is 2. The van der Waals surface area contributed by atoms with Gasteiger partial charge in [-0.1, -0.05) is 30.3 Å². The SMILES string of the molecule is CC1=NN(c2ccc(C)c(C)c2)C(=O)C1=NNc1cccc(-c2cccc(C(=O)NS(C)(=O)=O)c2)c1O. The zero-order chi connectivity index (χ0) is 26.9. The third-order valence-electron chi connectivity index (χ3n) is 5.76. The van der Waals surface area contributed by atoms with Crippen molar-refractivity contribution in [3.8, 4) is 16.9 Å². The summed E-state index contributed by atoms with van der Waals surface area (Å²) in [4.78, 5) is 25.2. The van der Waals surface area contributed by atoms with Gasteiger partial charge in [-0.05, 0) is 67.8 Å². The molecule has 1 aliphatic rings. The Morgan fingerprint density at radius 1 is 1.00 bits per heavy atom. The molecule has 3 aromatic carbocycles. The lowest BCUT2D eigenvalue weighted by atomic mass is 10.0. The second-order valence-electron chi connectivity index (χ2n) is 8.63. The number of nitrogens with zero attached hydrogens (tertiary/aromatic N) is 3. The molecule has 1 aliphatic heterocycles. The molecule has 3 N–H and O–H groups in total. The van der Waals surface area contributed by atoms with Crippen LogP contribution in [0.5, 0.6) is 5.75 Å². The van der Waals surface area contributed by atoms with Gasteiger partial charge in [-0.2, -0.15) is 15.2 Å². The highest BCUT2D eigenvalue weighted by molar-refractivity contribution is 7.89. The molecule has 0 saturated heterocycles. The number of para-hydroxylation sites is 1. The Morgan fingerprint density at radius 2 is 1.73 bits per heavy atom. The first-order valence-electron chi connectivity index (χ1n) is 11.2. The quantitative estimate of drug-likeness (QED) is 0.336. The van der Waals surface area contributed by atoms with Crippen LogP contribution in [0.25, 0.3) is 11.1 Å². The Balaban J connectivity index is 1.59. The van der Waals surface area contributed by atoms with Crippen LogP contribution >= 0.6 is 0 Å². The van der Waals surface area contributed by atoms with E-state index in [1.807, 2.05) is 36.8 Å². The molecule has 0 atom stereocenters. The summed E-state index contributed by atoms with van der Waals surface area (Å²) < 4.78 is 24.7. The molecule has 37 heavy (non-hydrogen) atoms. The van der Waals surface area contributed by atoms with Gasteiger partial charge in [0, 0.05) is 11.1 Å². The molecule has 0 radical (unpaired) electrons. The first-order valence-corrected chi connectivity index (χ1v) is 13.1. The molecule has 10 nitrogen and oxygen atoms in total. The van der Waals surface area contributed by atoms with Crippen molar-refractivity contribution in [3.05, 3.63) is 77.4 Å². The van der Waals surface area contributed by atoms with Gasteiger partial charge in [0.2, 0.25) is 10.0 Å². The predicted molar refractivity (Wildman–Crippen MR) is 143 cm³/mol. The van der Waals surface area contributed by atoms with Crippen LogP contribution in [0.1, 0.15) is 28.4 Å². The van der Waals surface area contributed by atoms with E-state index in [1.165, 1.54) is 17.1 Å². The van der Waals surface area contributed by atoms with Gasteiger partial charge < -0.3 is 5.11 Å². The Hall–Kier alpha value is -4.51. The van der Waals surface area contributed by atoms with E-state index in [9.17, 15) is 23.1 Å². The van der Waals surface area contributed by atoms with Crippen molar-refractivity contribution in [1.29, 1.82) is 0 Å². The zero-order valence-corrected chi connectivity index (χ0v) is 21.4.